The standard InChI is InChI=1S/C13H25N3O2S2/c1-11-6-4-5-9-15(11)20(17,18)16(10-13(14)19)12-7-2-3-8-12/h11-12H,2-10H2,1H3,(H2,14,19). The molecule has 0 aromatic heterocycles. The van der Waals surface area contributed by atoms with Gasteiger partial charge in [0.1, 0.15) is 0 Å². The van der Waals surface area contributed by atoms with Crippen molar-refractivity contribution in [2.24, 2.45) is 5.73 Å². The van der Waals surface area contributed by atoms with Crippen molar-refractivity contribution < 1.29 is 8.42 Å². The highest BCUT2D eigenvalue weighted by Crippen LogP contribution is 2.29. The van der Waals surface area contributed by atoms with Gasteiger partial charge in [-0.2, -0.15) is 17.0 Å². The molecule has 1 heterocycles. The molecule has 0 amide bonds. The van der Waals surface area contributed by atoms with Crippen molar-refractivity contribution in [3.8, 4) is 0 Å². The van der Waals surface area contributed by atoms with E-state index >= 15 is 0 Å². The van der Waals surface area contributed by atoms with E-state index in [1.165, 1.54) is 0 Å². The molecule has 0 radical (unpaired) electrons. The molecule has 20 heavy (non-hydrogen) atoms. The third-order valence-electron chi connectivity index (χ3n) is 4.38. The minimum absolute atomic E-state index is 0.0654. The summed E-state index contributed by atoms with van der Waals surface area (Å²) in [7, 11) is -3.45. The molecule has 0 aromatic rings. The van der Waals surface area contributed by atoms with E-state index in [1.54, 1.807) is 8.61 Å². The van der Waals surface area contributed by atoms with E-state index in [0.717, 1.165) is 44.9 Å². The summed E-state index contributed by atoms with van der Waals surface area (Å²) < 4.78 is 29.1. The maximum absolute atomic E-state index is 13.0. The summed E-state index contributed by atoms with van der Waals surface area (Å²) in [6, 6.07) is 0.139. The maximum atomic E-state index is 13.0. The monoisotopic (exact) mass is 319 g/mol. The van der Waals surface area contributed by atoms with E-state index in [-0.39, 0.29) is 23.6 Å². The summed E-state index contributed by atoms with van der Waals surface area (Å²) in [5.41, 5.74) is 5.63. The fourth-order valence-electron chi connectivity index (χ4n) is 3.29. The molecular formula is C13H25N3O2S2. The number of hydrogen-bond acceptors (Lipinski definition) is 3. The van der Waals surface area contributed by atoms with Gasteiger partial charge in [0.25, 0.3) is 10.2 Å². The van der Waals surface area contributed by atoms with Crippen LogP contribution in [0.25, 0.3) is 0 Å². The van der Waals surface area contributed by atoms with Gasteiger partial charge in [-0.1, -0.05) is 31.5 Å². The van der Waals surface area contributed by atoms with Crippen LogP contribution in [-0.4, -0.2) is 47.2 Å². The Labute approximate surface area is 127 Å². The average molecular weight is 319 g/mol. The van der Waals surface area contributed by atoms with Gasteiger partial charge in [-0.3, -0.25) is 0 Å². The Morgan fingerprint density at radius 3 is 2.40 bits per heavy atom. The van der Waals surface area contributed by atoms with Crippen molar-refractivity contribution in [3.63, 3.8) is 0 Å². The minimum atomic E-state index is -3.45. The first-order valence-corrected chi connectivity index (χ1v) is 9.30. The fourth-order valence-corrected chi connectivity index (χ4v) is 5.59. The maximum Gasteiger partial charge on any atom is 0.282 e. The van der Waals surface area contributed by atoms with E-state index in [2.05, 4.69) is 0 Å². The first kappa shape index (κ1) is 16.1. The molecule has 1 aliphatic heterocycles. The van der Waals surface area contributed by atoms with E-state index in [1.807, 2.05) is 6.92 Å². The van der Waals surface area contributed by atoms with Crippen molar-refractivity contribution in [1.82, 2.24) is 8.61 Å². The molecule has 116 valence electrons. The van der Waals surface area contributed by atoms with Crippen LogP contribution in [0.2, 0.25) is 0 Å². The molecule has 1 unspecified atom stereocenters. The van der Waals surface area contributed by atoms with Crippen LogP contribution in [0.15, 0.2) is 0 Å². The lowest BCUT2D eigenvalue weighted by Crippen LogP contribution is -2.54. The first-order chi connectivity index (χ1) is 9.43. The number of piperidine rings is 1. The molecule has 0 aromatic carbocycles. The van der Waals surface area contributed by atoms with Gasteiger partial charge in [0.05, 0.1) is 11.5 Å². The minimum Gasteiger partial charge on any atom is -0.392 e. The number of nitrogens with zero attached hydrogens (tertiary/aromatic N) is 2. The van der Waals surface area contributed by atoms with Crippen LogP contribution in [0.1, 0.15) is 51.9 Å². The molecule has 1 aliphatic carbocycles. The normalized spacial score (nSPS) is 26.2. The molecule has 2 fully saturated rings. The zero-order chi connectivity index (χ0) is 14.8. The molecule has 1 atom stereocenters. The molecule has 0 spiro atoms. The summed E-state index contributed by atoms with van der Waals surface area (Å²) in [6.45, 7) is 2.78. The number of hydrogen-bond donors (Lipinski definition) is 1. The van der Waals surface area contributed by atoms with Crippen molar-refractivity contribution in [1.29, 1.82) is 0 Å². The van der Waals surface area contributed by atoms with Crippen molar-refractivity contribution in [2.45, 2.75) is 64.0 Å². The molecule has 2 N–H and O–H groups in total. The SMILES string of the molecule is CC1CCCCN1S(=O)(=O)N(CC(N)=S)C1CCCC1. The summed E-state index contributed by atoms with van der Waals surface area (Å²) in [6.07, 6.45) is 6.99. The molecule has 2 aliphatic rings. The Balaban J connectivity index is 2.22. The smallest absolute Gasteiger partial charge is 0.282 e. The Kier molecular flexibility index (Phi) is 5.39. The van der Waals surface area contributed by atoms with Gasteiger partial charge in [-0.15, -0.1) is 0 Å². The van der Waals surface area contributed by atoms with Crippen LogP contribution >= 0.6 is 12.2 Å². The molecule has 1 saturated carbocycles. The third-order valence-corrected chi connectivity index (χ3v) is 6.66. The van der Waals surface area contributed by atoms with E-state index in [0.29, 0.717) is 6.54 Å². The Morgan fingerprint density at radius 2 is 1.85 bits per heavy atom. The highest BCUT2D eigenvalue weighted by Gasteiger charge is 2.39. The van der Waals surface area contributed by atoms with Crippen LogP contribution in [-0.2, 0) is 10.2 Å². The zero-order valence-electron chi connectivity index (χ0n) is 12.1. The Morgan fingerprint density at radius 1 is 1.25 bits per heavy atom. The third kappa shape index (κ3) is 3.50. The van der Waals surface area contributed by atoms with Gasteiger partial charge < -0.3 is 5.73 Å². The van der Waals surface area contributed by atoms with Gasteiger partial charge >= 0.3 is 0 Å². The van der Waals surface area contributed by atoms with Crippen molar-refractivity contribution >= 4 is 27.4 Å². The fraction of sp³-hybridized carbons (Fsp3) is 0.923. The van der Waals surface area contributed by atoms with Gasteiger partial charge in [-0.05, 0) is 32.6 Å². The topological polar surface area (TPSA) is 66.6 Å². The van der Waals surface area contributed by atoms with E-state index < -0.39 is 10.2 Å². The quantitative estimate of drug-likeness (QED) is 0.782. The van der Waals surface area contributed by atoms with E-state index in [4.69, 9.17) is 18.0 Å². The molecule has 0 bridgehead atoms. The summed E-state index contributed by atoms with van der Waals surface area (Å²) in [5.74, 6) is 0. The molecule has 5 nitrogen and oxygen atoms in total. The molecular weight excluding hydrogens is 294 g/mol. The highest BCUT2D eigenvalue weighted by atomic mass is 32.2. The molecule has 2 rings (SSSR count). The van der Waals surface area contributed by atoms with Crippen molar-refractivity contribution in [2.75, 3.05) is 13.1 Å². The predicted octanol–water partition coefficient (Wildman–Crippen LogP) is 1.64. The predicted molar refractivity (Wildman–Crippen MR) is 84.7 cm³/mol. The Bertz CT molecular complexity index is 447. The van der Waals surface area contributed by atoms with E-state index in [9.17, 15) is 8.42 Å². The molecule has 1 saturated heterocycles. The van der Waals surface area contributed by atoms with Crippen LogP contribution in [0, 0.1) is 0 Å². The average Bonchev–Trinajstić information content (AvgIpc) is 2.89. The van der Waals surface area contributed by atoms with Crippen LogP contribution in [0.5, 0.6) is 0 Å². The van der Waals surface area contributed by atoms with Crippen LogP contribution < -0.4 is 5.73 Å². The van der Waals surface area contributed by atoms with Gasteiger partial charge in [0, 0.05) is 18.6 Å². The van der Waals surface area contributed by atoms with Crippen LogP contribution in [0.3, 0.4) is 0 Å². The summed E-state index contributed by atoms with van der Waals surface area (Å²) in [4.78, 5) is 0.255. The van der Waals surface area contributed by atoms with Gasteiger partial charge in [0.2, 0.25) is 0 Å². The van der Waals surface area contributed by atoms with Gasteiger partial charge in [0.15, 0.2) is 0 Å². The lowest BCUT2D eigenvalue weighted by molar-refractivity contribution is 0.235. The summed E-state index contributed by atoms with van der Waals surface area (Å²) >= 11 is 4.96. The Hall–Kier alpha value is -0.240. The largest absolute Gasteiger partial charge is 0.392 e. The van der Waals surface area contributed by atoms with Crippen LogP contribution in [0.4, 0.5) is 0 Å². The second-order valence-corrected chi connectivity index (χ2v) is 8.27. The van der Waals surface area contributed by atoms with Gasteiger partial charge in [-0.25, -0.2) is 0 Å². The number of rotatable bonds is 5. The zero-order valence-corrected chi connectivity index (χ0v) is 13.8. The second kappa shape index (κ2) is 6.68. The lowest BCUT2D eigenvalue weighted by Gasteiger charge is -2.38. The van der Waals surface area contributed by atoms with Crippen molar-refractivity contribution in [3.05, 3.63) is 0 Å². The molecule has 7 heteroatoms. The highest BCUT2D eigenvalue weighted by molar-refractivity contribution is 7.87. The lowest BCUT2D eigenvalue weighted by atomic mass is 10.1. The first-order valence-electron chi connectivity index (χ1n) is 7.50. The number of thiocarbonyl (C=S) groups is 1. The number of nitrogens with two attached hydrogens (primary N) is 1. The second-order valence-electron chi connectivity index (χ2n) is 5.91. The summed E-state index contributed by atoms with van der Waals surface area (Å²) in [5, 5.41) is 0.